The zero-order valence-corrected chi connectivity index (χ0v) is 8.19. The summed E-state index contributed by atoms with van der Waals surface area (Å²) in [6.45, 7) is 1.20. The van der Waals surface area contributed by atoms with Crippen molar-refractivity contribution in [2.75, 3.05) is 0 Å². The molecule has 1 nitrogen and oxygen atoms in total. The second kappa shape index (κ2) is 3.09. The molecule has 0 amide bonds. The van der Waals surface area contributed by atoms with Crippen LogP contribution >= 0.6 is 0 Å². The molecule has 2 aromatic rings. The van der Waals surface area contributed by atoms with Crippen molar-refractivity contribution in [1.29, 1.82) is 0 Å². The van der Waals surface area contributed by atoms with Gasteiger partial charge in [0.25, 0.3) is 0 Å². The maximum atomic E-state index is 2.32. The first-order chi connectivity index (χ1) is 6.92. The lowest BCUT2D eigenvalue weighted by Gasteiger charge is -1.97. The maximum absolute atomic E-state index is 2.32. The summed E-state index contributed by atoms with van der Waals surface area (Å²) in [6, 6.07) is 10.7. The van der Waals surface area contributed by atoms with Crippen LogP contribution in [0.4, 0.5) is 0 Å². The first-order valence-corrected chi connectivity index (χ1v) is 5.30. The molecule has 0 unspecified atom stereocenters. The van der Waals surface area contributed by atoms with Crippen molar-refractivity contribution in [1.82, 2.24) is 0 Å². The van der Waals surface area contributed by atoms with Gasteiger partial charge < -0.3 is 0 Å². The van der Waals surface area contributed by atoms with Crippen LogP contribution in [0, 0.1) is 5.92 Å². The highest BCUT2D eigenvalue weighted by atomic mass is 14.9. The Morgan fingerprint density at radius 3 is 2.64 bits per heavy atom. The summed E-state index contributed by atoms with van der Waals surface area (Å²) in [5.41, 5.74) is 0. The maximum Gasteiger partial charge on any atom is 0.176 e. The summed E-state index contributed by atoms with van der Waals surface area (Å²) < 4.78 is 2.32. The first-order valence-electron chi connectivity index (χ1n) is 5.30. The molecule has 0 N–H and O–H groups in total. The molecule has 1 aliphatic rings. The summed E-state index contributed by atoms with van der Waals surface area (Å²) in [6.07, 6.45) is 7.29. The lowest BCUT2D eigenvalue weighted by atomic mass is 10.2. The molecule has 1 fully saturated rings. The van der Waals surface area contributed by atoms with Crippen LogP contribution in [0.2, 0.25) is 0 Å². The van der Waals surface area contributed by atoms with Gasteiger partial charge in [-0.2, -0.15) is 0 Å². The van der Waals surface area contributed by atoms with Crippen LogP contribution in [0.15, 0.2) is 42.7 Å². The van der Waals surface area contributed by atoms with Crippen molar-refractivity contribution in [2.24, 2.45) is 5.92 Å². The van der Waals surface area contributed by atoms with E-state index >= 15 is 0 Å². The highest BCUT2D eigenvalue weighted by Crippen LogP contribution is 2.28. The zero-order chi connectivity index (χ0) is 9.38. The van der Waals surface area contributed by atoms with Crippen LogP contribution in [-0.4, -0.2) is 0 Å². The SMILES string of the molecule is c1ccc2c[n+](CC3CC3)ccc2c1. The molecule has 1 heteroatoms. The molecule has 1 saturated carbocycles. The van der Waals surface area contributed by atoms with Gasteiger partial charge >= 0.3 is 0 Å². The van der Waals surface area contributed by atoms with Crippen LogP contribution in [0.5, 0.6) is 0 Å². The van der Waals surface area contributed by atoms with Gasteiger partial charge in [0.05, 0.1) is 0 Å². The van der Waals surface area contributed by atoms with Crippen molar-refractivity contribution >= 4 is 10.8 Å². The largest absolute Gasteiger partial charge is 0.204 e. The van der Waals surface area contributed by atoms with Crippen LogP contribution in [-0.2, 0) is 6.54 Å². The Kier molecular flexibility index (Phi) is 1.76. The highest BCUT2D eigenvalue weighted by molar-refractivity contribution is 5.80. The number of pyridine rings is 1. The number of rotatable bonds is 2. The van der Waals surface area contributed by atoms with Gasteiger partial charge in [0.15, 0.2) is 18.9 Å². The molecular formula is C13H14N+. The summed E-state index contributed by atoms with van der Waals surface area (Å²) in [5, 5.41) is 2.68. The predicted octanol–water partition coefficient (Wildman–Crippen LogP) is 2.54. The molecule has 0 bridgehead atoms. The van der Waals surface area contributed by atoms with Crippen molar-refractivity contribution in [2.45, 2.75) is 19.4 Å². The number of hydrogen-bond donors (Lipinski definition) is 0. The number of hydrogen-bond acceptors (Lipinski definition) is 0. The van der Waals surface area contributed by atoms with Crippen molar-refractivity contribution in [3.63, 3.8) is 0 Å². The number of benzene rings is 1. The molecule has 0 radical (unpaired) electrons. The third kappa shape index (κ3) is 1.50. The van der Waals surface area contributed by atoms with E-state index in [0.717, 1.165) is 5.92 Å². The van der Waals surface area contributed by atoms with Gasteiger partial charge in [0.1, 0.15) is 0 Å². The molecule has 0 aliphatic heterocycles. The Morgan fingerprint density at radius 1 is 1.07 bits per heavy atom. The van der Waals surface area contributed by atoms with Crippen molar-refractivity contribution in [3.05, 3.63) is 42.7 Å². The Bertz CT molecular complexity index is 457. The first kappa shape index (κ1) is 7.98. The second-order valence-electron chi connectivity index (χ2n) is 4.21. The van der Waals surface area contributed by atoms with E-state index in [2.05, 4.69) is 47.3 Å². The Hall–Kier alpha value is -1.37. The lowest BCUT2D eigenvalue weighted by molar-refractivity contribution is -0.698. The fourth-order valence-electron chi connectivity index (χ4n) is 1.89. The van der Waals surface area contributed by atoms with Crippen molar-refractivity contribution < 1.29 is 4.57 Å². The zero-order valence-electron chi connectivity index (χ0n) is 8.19. The van der Waals surface area contributed by atoms with E-state index < -0.39 is 0 Å². The van der Waals surface area contributed by atoms with E-state index in [0.29, 0.717) is 0 Å². The highest BCUT2D eigenvalue weighted by Gasteiger charge is 2.25. The van der Waals surface area contributed by atoms with Gasteiger partial charge in [-0.15, -0.1) is 0 Å². The third-order valence-corrected chi connectivity index (χ3v) is 2.91. The molecule has 0 spiro atoms. The van der Waals surface area contributed by atoms with Gasteiger partial charge in [0.2, 0.25) is 0 Å². The van der Waals surface area contributed by atoms with E-state index in [4.69, 9.17) is 0 Å². The molecule has 3 rings (SSSR count). The lowest BCUT2D eigenvalue weighted by Crippen LogP contribution is -2.33. The average molecular weight is 184 g/mol. The quantitative estimate of drug-likeness (QED) is 0.631. The van der Waals surface area contributed by atoms with Crippen molar-refractivity contribution in [3.8, 4) is 0 Å². The third-order valence-electron chi connectivity index (χ3n) is 2.91. The Labute approximate surface area is 84.0 Å². The summed E-state index contributed by atoms with van der Waals surface area (Å²) in [4.78, 5) is 0. The fraction of sp³-hybridized carbons (Fsp3) is 0.308. The summed E-state index contributed by atoms with van der Waals surface area (Å²) >= 11 is 0. The van der Waals surface area contributed by atoms with Gasteiger partial charge in [-0.05, 0) is 24.3 Å². The van der Waals surface area contributed by atoms with E-state index in [1.165, 1.54) is 30.2 Å². The molecule has 14 heavy (non-hydrogen) atoms. The molecule has 0 atom stereocenters. The number of nitrogens with zero attached hydrogens (tertiary/aromatic N) is 1. The van der Waals surface area contributed by atoms with E-state index in [1.807, 2.05) is 0 Å². The van der Waals surface area contributed by atoms with E-state index in [-0.39, 0.29) is 0 Å². The predicted molar refractivity (Wildman–Crippen MR) is 56.9 cm³/mol. The Balaban J connectivity index is 2.01. The second-order valence-corrected chi connectivity index (χ2v) is 4.21. The van der Waals surface area contributed by atoms with Gasteiger partial charge in [-0.1, -0.05) is 18.2 Å². The van der Waals surface area contributed by atoms with Crippen LogP contribution in [0.25, 0.3) is 10.8 Å². The minimum Gasteiger partial charge on any atom is -0.204 e. The topological polar surface area (TPSA) is 3.88 Å². The molecule has 0 saturated heterocycles. The molecule has 1 aromatic heterocycles. The van der Waals surface area contributed by atoms with Crippen LogP contribution < -0.4 is 4.57 Å². The van der Waals surface area contributed by atoms with Gasteiger partial charge in [-0.3, -0.25) is 0 Å². The van der Waals surface area contributed by atoms with Gasteiger partial charge in [-0.25, -0.2) is 4.57 Å². The molecule has 1 heterocycles. The fourth-order valence-corrected chi connectivity index (χ4v) is 1.89. The van der Waals surface area contributed by atoms with E-state index in [1.54, 1.807) is 0 Å². The summed E-state index contributed by atoms with van der Waals surface area (Å²) in [5.74, 6) is 0.946. The van der Waals surface area contributed by atoms with Crippen LogP contribution in [0.3, 0.4) is 0 Å². The van der Waals surface area contributed by atoms with E-state index in [9.17, 15) is 0 Å². The standard InChI is InChI=1S/C13H14N/c1-2-4-13-10-14(9-11-5-6-11)8-7-12(13)3-1/h1-4,7-8,10-11H,5-6,9H2/q+1. The monoisotopic (exact) mass is 184 g/mol. The smallest absolute Gasteiger partial charge is 0.176 e. The Morgan fingerprint density at radius 2 is 1.86 bits per heavy atom. The van der Waals surface area contributed by atoms with Crippen LogP contribution in [0.1, 0.15) is 12.8 Å². The minimum absolute atomic E-state index is 0.946. The average Bonchev–Trinajstić information content (AvgIpc) is 3.02. The molecular weight excluding hydrogens is 170 g/mol. The van der Waals surface area contributed by atoms with Gasteiger partial charge in [0, 0.05) is 17.4 Å². The normalized spacial score (nSPS) is 16.0. The molecule has 70 valence electrons. The molecule has 1 aliphatic carbocycles. The molecule has 1 aromatic carbocycles. The number of fused-ring (bicyclic) bond motifs is 1. The number of aromatic nitrogens is 1. The summed E-state index contributed by atoms with van der Waals surface area (Å²) in [7, 11) is 0. The minimum atomic E-state index is 0.946.